The third-order valence-electron chi connectivity index (χ3n) is 4.16. The first kappa shape index (κ1) is 19.5. The zero-order chi connectivity index (χ0) is 20.2. The van der Waals surface area contributed by atoms with Gasteiger partial charge in [0.25, 0.3) is 0 Å². The molecule has 0 saturated heterocycles. The summed E-state index contributed by atoms with van der Waals surface area (Å²) in [5.41, 5.74) is 2.52. The van der Waals surface area contributed by atoms with Crippen molar-refractivity contribution in [3.05, 3.63) is 81.6 Å². The molecule has 29 heavy (non-hydrogen) atoms. The third-order valence-corrected chi connectivity index (χ3v) is 6.94. The lowest BCUT2D eigenvalue weighted by atomic mass is 10.0. The Bertz CT molecular complexity index is 1180. The van der Waals surface area contributed by atoms with Crippen LogP contribution in [0.4, 0.5) is 4.39 Å². The molecule has 4 aromatic rings. The van der Waals surface area contributed by atoms with Gasteiger partial charge in [-0.2, -0.15) is 5.26 Å². The van der Waals surface area contributed by atoms with E-state index in [1.807, 2.05) is 35.0 Å². The number of thiophene rings is 2. The molecule has 0 aliphatic rings. The summed E-state index contributed by atoms with van der Waals surface area (Å²) in [7, 11) is 0. The van der Waals surface area contributed by atoms with E-state index in [0.29, 0.717) is 21.0 Å². The molecule has 3 aromatic heterocycles. The second-order valence-electron chi connectivity index (χ2n) is 6.02. The Morgan fingerprint density at radius 3 is 2.52 bits per heavy atom. The minimum atomic E-state index is -0.337. The summed E-state index contributed by atoms with van der Waals surface area (Å²) in [5.74, 6) is -0.143. The van der Waals surface area contributed by atoms with E-state index in [1.54, 1.807) is 29.5 Å². The van der Waals surface area contributed by atoms with Crippen molar-refractivity contribution in [3.8, 4) is 27.8 Å². The molecule has 0 amide bonds. The number of carbonyl (C=O) groups is 1. The van der Waals surface area contributed by atoms with Crippen LogP contribution in [0.15, 0.2) is 70.4 Å². The fraction of sp³-hybridized carbons (Fsp3) is 0.0455. The molecule has 142 valence electrons. The molecule has 0 atom stereocenters. The maximum absolute atomic E-state index is 13.4. The number of ketones is 1. The van der Waals surface area contributed by atoms with Gasteiger partial charge in [-0.25, -0.2) is 9.37 Å². The predicted octanol–water partition coefficient (Wildman–Crippen LogP) is 6.52. The largest absolute Gasteiger partial charge is 0.292 e. The highest BCUT2D eigenvalue weighted by Crippen LogP contribution is 2.35. The van der Waals surface area contributed by atoms with E-state index in [0.717, 1.165) is 16.1 Å². The topological polar surface area (TPSA) is 53.8 Å². The van der Waals surface area contributed by atoms with E-state index < -0.39 is 0 Å². The number of hydrogen-bond acceptors (Lipinski definition) is 6. The van der Waals surface area contributed by atoms with Gasteiger partial charge in [0.2, 0.25) is 0 Å². The number of pyridine rings is 1. The Hall–Kier alpha value is -2.79. The molecule has 0 radical (unpaired) electrons. The summed E-state index contributed by atoms with van der Waals surface area (Å²) in [6.07, 6.45) is 0. The first-order valence-electron chi connectivity index (χ1n) is 8.60. The molecule has 7 heteroatoms. The maximum atomic E-state index is 13.4. The van der Waals surface area contributed by atoms with Gasteiger partial charge in [0.1, 0.15) is 16.9 Å². The van der Waals surface area contributed by atoms with Crippen LogP contribution >= 0.6 is 34.4 Å². The fourth-order valence-corrected chi connectivity index (χ4v) is 5.11. The van der Waals surface area contributed by atoms with Gasteiger partial charge in [0, 0.05) is 5.56 Å². The average molecular weight is 437 g/mol. The summed E-state index contributed by atoms with van der Waals surface area (Å²) in [4.78, 5) is 18.7. The number of nitriles is 1. The zero-order valence-electron chi connectivity index (χ0n) is 15.0. The lowest BCUT2D eigenvalue weighted by Gasteiger charge is -2.11. The normalized spacial score (nSPS) is 10.6. The molecule has 0 unspecified atom stereocenters. The second kappa shape index (κ2) is 8.70. The van der Waals surface area contributed by atoms with Crippen LogP contribution in [-0.2, 0) is 0 Å². The molecule has 3 nitrogen and oxygen atoms in total. The smallest absolute Gasteiger partial charge is 0.183 e. The number of Topliss-reactive ketones (excluding diaryl/α,β-unsaturated/α-hetero) is 1. The highest BCUT2D eigenvalue weighted by molar-refractivity contribution is 8.00. The van der Waals surface area contributed by atoms with Crippen molar-refractivity contribution < 1.29 is 9.18 Å². The van der Waals surface area contributed by atoms with Crippen molar-refractivity contribution in [2.75, 3.05) is 5.75 Å². The highest BCUT2D eigenvalue weighted by atomic mass is 32.2. The van der Waals surface area contributed by atoms with Gasteiger partial charge in [-0.3, -0.25) is 4.79 Å². The number of nitrogens with zero attached hydrogens (tertiary/aromatic N) is 2. The third kappa shape index (κ3) is 4.30. The van der Waals surface area contributed by atoms with Crippen molar-refractivity contribution >= 4 is 40.2 Å². The molecule has 0 saturated carbocycles. The van der Waals surface area contributed by atoms with Gasteiger partial charge in [0.05, 0.1) is 26.8 Å². The second-order valence-corrected chi connectivity index (χ2v) is 8.88. The van der Waals surface area contributed by atoms with E-state index in [9.17, 15) is 14.4 Å². The number of hydrogen-bond donors (Lipinski definition) is 0. The molecule has 4 rings (SSSR count). The SMILES string of the molecule is N#Cc1c(-c2ccc(F)cc2)cc(-c2cccs2)nc1SCC(=O)c1cccs1. The molecule has 3 heterocycles. The van der Waals surface area contributed by atoms with Crippen molar-refractivity contribution in [1.29, 1.82) is 5.26 Å². The molecule has 0 spiro atoms. The standard InChI is InChI=1S/C22H13FN2OS3/c23-15-7-5-14(6-8-15)16-11-18(20-3-1-9-27-20)25-22(17(16)12-24)29-13-19(26)21-4-2-10-28-21/h1-11H,13H2. The molecule has 0 aliphatic carbocycles. The summed E-state index contributed by atoms with van der Waals surface area (Å²) >= 11 is 4.20. The molecular weight excluding hydrogens is 423 g/mol. The Morgan fingerprint density at radius 1 is 1.10 bits per heavy atom. The minimum Gasteiger partial charge on any atom is -0.292 e. The van der Waals surface area contributed by atoms with Crippen LogP contribution < -0.4 is 0 Å². The first-order valence-corrected chi connectivity index (χ1v) is 11.3. The Morgan fingerprint density at radius 2 is 1.86 bits per heavy atom. The van der Waals surface area contributed by atoms with Gasteiger partial charge in [0.15, 0.2) is 5.78 Å². The van der Waals surface area contributed by atoms with Crippen LogP contribution in [0.25, 0.3) is 21.7 Å². The average Bonchev–Trinajstić information content (AvgIpc) is 3.46. The molecule has 0 fully saturated rings. The molecule has 0 N–H and O–H groups in total. The zero-order valence-corrected chi connectivity index (χ0v) is 17.4. The summed E-state index contributed by atoms with van der Waals surface area (Å²) < 4.78 is 13.4. The van der Waals surface area contributed by atoms with E-state index in [1.165, 1.54) is 35.2 Å². The van der Waals surface area contributed by atoms with E-state index >= 15 is 0 Å². The first-order chi connectivity index (χ1) is 14.2. The number of thioether (sulfide) groups is 1. The molecular formula is C22H13FN2OS3. The number of halogens is 1. The summed E-state index contributed by atoms with van der Waals surface area (Å²) in [6, 6.07) is 17.6. The van der Waals surface area contributed by atoms with Crippen LogP contribution in [0, 0.1) is 17.1 Å². The summed E-state index contributed by atoms with van der Waals surface area (Å²) in [6.45, 7) is 0. The Kier molecular flexibility index (Phi) is 5.86. The van der Waals surface area contributed by atoms with Gasteiger partial charge in [-0.05, 0) is 46.7 Å². The predicted molar refractivity (Wildman–Crippen MR) is 117 cm³/mol. The van der Waals surface area contributed by atoms with E-state index in [4.69, 9.17) is 0 Å². The van der Waals surface area contributed by atoms with E-state index in [2.05, 4.69) is 11.1 Å². The van der Waals surface area contributed by atoms with Gasteiger partial charge < -0.3 is 0 Å². The number of benzene rings is 1. The highest BCUT2D eigenvalue weighted by Gasteiger charge is 2.18. The van der Waals surface area contributed by atoms with Crippen molar-refractivity contribution in [1.82, 2.24) is 4.98 Å². The van der Waals surface area contributed by atoms with Gasteiger partial charge in [-0.1, -0.05) is 36.0 Å². The lowest BCUT2D eigenvalue weighted by molar-refractivity contribution is 0.102. The van der Waals surface area contributed by atoms with Gasteiger partial charge in [-0.15, -0.1) is 22.7 Å². The quantitative estimate of drug-likeness (QED) is 0.255. The van der Waals surface area contributed by atoms with E-state index in [-0.39, 0.29) is 17.4 Å². The summed E-state index contributed by atoms with van der Waals surface area (Å²) in [5, 5.41) is 14.2. The van der Waals surface area contributed by atoms with Crippen molar-refractivity contribution in [3.63, 3.8) is 0 Å². The minimum absolute atomic E-state index is 0.000508. The van der Waals surface area contributed by atoms with Crippen LogP contribution in [0.1, 0.15) is 15.2 Å². The Labute approximate surface area is 179 Å². The number of aromatic nitrogens is 1. The number of rotatable bonds is 6. The van der Waals surface area contributed by atoms with Gasteiger partial charge >= 0.3 is 0 Å². The van der Waals surface area contributed by atoms with Crippen molar-refractivity contribution in [2.24, 2.45) is 0 Å². The van der Waals surface area contributed by atoms with Crippen LogP contribution in [0.3, 0.4) is 0 Å². The lowest BCUT2D eigenvalue weighted by Crippen LogP contribution is -2.02. The monoisotopic (exact) mass is 436 g/mol. The fourth-order valence-electron chi connectivity index (χ4n) is 2.78. The Balaban J connectivity index is 1.77. The number of carbonyl (C=O) groups excluding carboxylic acids is 1. The molecule has 1 aromatic carbocycles. The van der Waals surface area contributed by atoms with Crippen molar-refractivity contribution in [2.45, 2.75) is 5.03 Å². The van der Waals surface area contributed by atoms with Crippen LogP contribution in [0.5, 0.6) is 0 Å². The molecule has 0 bridgehead atoms. The van der Waals surface area contributed by atoms with Crippen LogP contribution in [0.2, 0.25) is 0 Å². The molecule has 0 aliphatic heterocycles. The maximum Gasteiger partial charge on any atom is 0.183 e. The van der Waals surface area contributed by atoms with Crippen LogP contribution in [-0.4, -0.2) is 16.5 Å².